The number of thioether (sulfide) groups is 1. The quantitative estimate of drug-likeness (QED) is 0.511. The van der Waals surface area contributed by atoms with Gasteiger partial charge in [-0.2, -0.15) is 0 Å². The van der Waals surface area contributed by atoms with E-state index in [1.165, 1.54) is 0 Å². The predicted molar refractivity (Wildman–Crippen MR) is 123 cm³/mol. The molecule has 4 heterocycles. The first-order chi connectivity index (χ1) is 15.2. The van der Waals surface area contributed by atoms with Crippen molar-refractivity contribution < 1.29 is 24.2 Å². The summed E-state index contributed by atoms with van der Waals surface area (Å²) < 4.78 is 4.78. The molecule has 8 heteroatoms. The van der Waals surface area contributed by atoms with Gasteiger partial charge in [0.25, 0.3) is 0 Å². The van der Waals surface area contributed by atoms with Crippen LogP contribution in [0.15, 0.2) is 24.3 Å². The molecule has 2 saturated heterocycles. The third-order valence-electron chi connectivity index (χ3n) is 6.97. The fourth-order valence-corrected chi connectivity index (χ4v) is 7.50. The summed E-state index contributed by atoms with van der Waals surface area (Å²) in [5.41, 5.74) is -0.406. The maximum absolute atomic E-state index is 13.9. The van der Waals surface area contributed by atoms with Crippen LogP contribution in [0.1, 0.15) is 46.5 Å². The number of fused-ring (bicyclic) bond motifs is 2. The Kier molecular flexibility index (Phi) is 6.47. The molecule has 2 fully saturated rings. The monoisotopic (exact) mass is 462 g/mol. The Labute approximate surface area is 194 Å². The van der Waals surface area contributed by atoms with Crippen molar-refractivity contribution in [1.82, 2.24) is 9.80 Å². The molecule has 0 aromatic rings. The van der Waals surface area contributed by atoms with Crippen molar-refractivity contribution >= 4 is 29.5 Å². The Hall–Kier alpha value is -1.80. The molecule has 1 N–H and O–H groups in total. The van der Waals surface area contributed by atoms with Gasteiger partial charge in [-0.3, -0.25) is 14.4 Å². The van der Waals surface area contributed by atoms with Crippen molar-refractivity contribution in [3.05, 3.63) is 24.3 Å². The molecule has 0 aliphatic carbocycles. The lowest BCUT2D eigenvalue weighted by Crippen LogP contribution is -2.57. The number of allylic oxidation sites excluding steroid dienone is 1. The summed E-state index contributed by atoms with van der Waals surface area (Å²) in [6.07, 6.45) is 11.2. The Balaban J connectivity index is 1.81. The van der Waals surface area contributed by atoms with Crippen molar-refractivity contribution in [1.29, 1.82) is 0 Å². The molecular formula is C24H34N2O5S. The molecule has 0 aromatic heterocycles. The van der Waals surface area contributed by atoms with Gasteiger partial charge in [0, 0.05) is 30.5 Å². The predicted octanol–water partition coefficient (Wildman–Crippen LogP) is 2.15. The van der Waals surface area contributed by atoms with E-state index >= 15 is 0 Å². The standard InChI is InChI=1S/C24H34N2O5S/c1-23(2,3)26-13-8-11-24-18(20(28)25(12-9-14-27)19(24)21(26)29)17-16(32-24)10-6-4-5-7-15-31-22(17)30/h6,8,10-11,16-19,27H,4-5,7,9,12-15H2,1-3H3/b10-6-/t16-,17+,18-,19?,24-/m0/s1. The van der Waals surface area contributed by atoms with Crippen LogP contribution in [-0.4, -0.2) is 80.6 Å². The number of hydrogen-bond donors (Lipinski definition) is 1. The minimum atomic E-state index is -0.823. The first-order valence-corrected chi connectivity index (χ1v) is 12.5. The van der Waals surface area contributed by atoms with E-state index in [0.717, 1.165) is 19.3 Å². The molecule has 0 saturated carbocycles. The second kappa shape index (κ2) is 8.86. The van der Waals surface area contributed by atoms with E-state index in [-0.39, 0.29) is 29.6 Å². The number of hydrogen-bond acceptors (Lipinski definition) is 6. The maximum atomic E-state index is 13.9. The summed E-state index contributed by atoms with van der Waals surface area (Å²) in [7, 11) is 0. The lowest BCUT2D eigenvalue weighted by atomic mass is 9.78. The molecule has 32 heavy (non-hydrogen) atoms. The van der Waals surface area contributed by atoms with Crippen LogP contribution in [0.25, 0.3) is 0 Å². The average Bonchev–Trinajstić information content (AvgIpc) is 3.10. The zero-order valence-electron chi connectivity index (χ0n) is 19.2. The number of esters is 1. The number of ether oxygens (including phenoxy) is 1. The molecule has 4 aliphatic rings. The van der Waals surface area contributed by atoms with Crippen molar-refractivity contribution in [2.75, 3.05) is 26.3 Å². The zero-order valence-corrected chi connectivity index (χ0v) is 20.0. The average molecular weight is 463 g/mol. The van der Waals surface area contributed by atoms with Gasteiger partial charge >= 0.3 is 5.97 Å². The number of likely N-dealkylation sites (tertiary alicyclic amines) is 1. The van der Waals surface area contributed by atoms with Gasteiger partial charge in [0.1, 0.15) is 6.04 Å². The van der Waals surface area contributed by atoms with E-state index < -0.39 is 28.2 Å². The Bertz CT molecular complexity index is 835. The first kappa shape index (κ1) is 23.4. The molecule has 5 atom stereocenters. The molecule has 0 bridgehead atoms. The fraction of sp³-hybridized carbons (Fsp3) is 0.708. The number of carbonyl (C=O) groups is 3. The fourth-order valence-electron chi connectivity index (χ4n) is 5.50. The summed E-state index contributed by atoms with van der Waals surface area (Å²) in [4.78, 5) is 44.4. The van der Waals surface area contributed by atoms with Gasteiger partial charge in [0.2, 0.25) is 11.8 Å². The minimum Gasteiger partial charge on any atom is -0.465 e. The number of cyclic esters (lactones) is 1. The molecule has 176 valence electrons. The SMILES string of the molecule is CC(C)(C)N1CC=C[C@]23S[C@H]4/C=C\CCCCOC(=O)[C@H]4[C@H]2C(=O)N(CCCO)C3C1=O. The highest BCUT2D eigenvalue weighted by Crippen LogP contribution is 2.60. The number of amides is 2. The van der Waals surface area contributed by atoms with Gasteiger partial charge in [0.15, 0.2) is 0 Å². The molecule has 1 unspecified atom stereocenters. The molecule has 2 amide bonds. The topological polar surface area (TPSA) is 87.2 Å². The largest absolute Gasteiger partial charge is 0.465 e. The van der Waals surface area contributed by atoms with Crippen molar-refractivity contribution in [2.24, 2.45) is 11.8 Å². The van der Waals surface area contributed by atoms with Crippen LogP contribution >= 0.6 is 11.8 Å². The van der Waals surface area contributed by atoms with Gasteiger partial charge in [-0.1, -0.05) is 24.3 Å². The lowest BCUT2D eigenvalue weighted by molar-refractivity contribution is -0.153. The number of rotatable bonds is 3. The summed E-state index contributed by atoms with van der Waals surface area (Å²) in [5.74, 6) is -1.89. The van der Waals surface area contributed by atoms with Gasteiger partial charge in [0.05, 0.1) is 23.2 Å². The lowest BCUT2D eigenvalue weighted by Gasteiger charge is -2.40. The number of carbonyl (C=O) groups excluding carboxylic acids is 3. The smallest absolute Gasteiger partial charge is 0.311 e. The van der Waals surface area contributed by atoms with Crippen LogP contribution in [0.4, 0.5) is 0 Å². The third kappa shape index (κ3) is 3.79. The van der Waals surface area contributed by atoms with Crippen molar-refractivity contribution in [3.63, 3.8) is 0 Å². The number of aliphatic hydroxyl groups excluding tert-OH is 1. The molecular weight excluding hydrogens is 428 g/mol. The number of nitrogens with zero attached hydrogens (tertiary/aromatic N) is 2. The van der Waals surface area contributed by atoms with Gasteiger partial charge in [-0.15, -0.1) is 11.8 Å². The zero-order chi connectivity index (χ0) is 23.1. The highest BCUT2D eigenvalue weighted by atomic mass is 32.2. The van der Waals surface area contributed by atoms with Crippen LogP contribution < -0.4 is 0 Å². The molecule has 0 aromatic carbocycles. The van der Waals surface area contributed by atoms with Crippen LogP contribution in [0.2, 0.25) is 0 Å². The van der Waals surface area contributed by atoms with Crippen LogP contribution in [0.5, 0.6) is 0 Å². The second-order valence-electron chi connectivity index (χ2n) is 10.1. The van der Waals surface area contributed by atoms with E-state index in [1.54, 1.807) is 16.7 Å². The van der Waals surface area contributed by atoms with Crippen LogP contribution in [-0.2, 0) is 19.1 Å². The van der Waals surface area contributed by atoms with Crippen molar-refractivity contribution in [3.8, 4) is 0 Å². The van der Waals surface area contributed by atoms with E-state index in [9.17, 15) is 19.5 Å². The van der Waals surface area contributed by atoms with Gasteiger partial charge < -0.3 is 19.6 Å². The summed E-state index contributed by atoms with van der Waals surface area (Å²) in [6, 6.07) is -0.701. The maximum Gasteiger partial charge on any atom is 0.311 e. The van der Waals surface area contributed by atoms with E-state index in [2.05, 4.69) is 6.08 Å². The third-order valence-corrected chi connectivity index (χ3v) is 8.71. The minimum absolute atomic E-state index is 0.0643. The van der Waals surface area contributed by atoms with Crippen LogP contribution in [0, 0.1) is 11.8 Å². The molecule has 1 spiro atoms. The highest BCUT2D eigenvalue weighted by molar-refractivity contribution is 8.02. The Morgan fingerprint density at radius 2 is 1.97 bits per heavy atom. The Morgan fingerprint density at radius 3 is 2.69 bits per heavy atom. The van der Waals surface area contributed by atoms with Crippen molar-refractivity contribution in [2.45, 2.75) is 68.0 Å². The van der Waals surface area contributed by atoms with E-state index in [0.29, 0.717) is 26.1 Å². The molecule has 0 radical (unpaired) electrons. The number of aliphatic hydroxyl groups is 1. The molecule has 4 rings (SSSR count). The van der Waals surface area contributed by atoms with E-state index in [4.69, 9.17) is 4.74 Å². The second-order valence-corrected chi connectivity index (χ2v) is 11.6. The summed E-state index contributed by atoms with van der Waals surface area (Å²) >= 11 is 1.56. The van der Waals surface area contributed by atoms with Gasteiger partial charge in [-0.05, 0) is 46.5 Å². The van der Waals surface area contributed by atoms with Gasteiger partial charge in [-0.25, -0.2) is 0 Å². The Morgan fingerprint density at radius 1 is 1.19 bits per heavy atom. The first-order valence-electron chi connectivity index (χ1n) is 11.6. The summed E-state index contributed by atoms with van der Waals surface area (Å²) in [5, 5.41) is 9.22. The molecule has 7 nitrogen and oxygen atoms in total. The highest BCUT2D eigenvalue weighted by Gasteiger charge is 2.71. The molecule has 4 aliphatic heterocycles. The summed E-state index contributed by atoms with van der Waals surface area (Å²) in [6.45, 7) is 7.03. The normalized spacial score (nSPS) is 36.3. The van der Waals surface area contributed by atoms with E-state index in [1.807, 2.05) is 43.9 Å². The van der Waals surface area contributed by atoms with Crippen LogP contribution in [0.3, 0.4) is 0 Å².